The zero-order valence-electron chi connectivity index (χ0n) is 19.1. The number of rotatable bonds is 6. The number of esters is 2. The second-order valence-corrected chi connectivity index (χ2v) is 11.5. The van der Waals surface area contributed by atoms with Gasteiger partial charge in [0, 0.05) is 9.75 Å². The summed E-state index contributed by atoms with van der Waals surface area (Å²) in [6, 6.07) is 3.15. The molecule has 0 aliphatic heterocycles. The minimum atomic E-state index is -0.463. The summed E-state index contributed by atoms with van der Waals surface area (Å²) >= 11 is 3.84. The van der Waals surface area contributed by atoms with Gasteiger partial charge in [0.15, 0.2) is 0 Å². The lowest BCUT2D eigenvalue weighted by molar-refractivity contribution is 0.0592. The Balaban J connectivity index is 1.33. The molecule has 0 spiro atoms. The van der Waals surface area contributed by atoms with Crippen LogP contribution in [0.15, 0.2) is 12.1 Å². The molecule has 2 aliphatic rings. The van der Waals surface area contributed by atoms with Crippen molar-refractivity contribution in [3.63, 3.8) is 0 Å². The number of methoxy groups -OCH3 is 2. The summed E-state index contributed by atoms with van der Waals surface area (Å²) in [6.07, 6.45) is 5.29. The average Bonchev–Trinajstić information content (AvgIpc) is 3.64. The lowest BCUT2D eigenvalue weighted by Crippen LogP contribution is -2.14. The third-order valence-corrected chi connectivity index (χ3v) is 9.63. The predicted octanol–water partition coefficient (Wildman–Crippen LogP) is 4.93. The standard InChI is InChI=1S/C24H22N2O6S3/c1-31-23(29)17-11-5-3-7-13(11)34-21(17)25-19(27)15-9-10-16(33-15)20(28)26-22-18(24(30)32-2)12-6-4-8-14(12)35-22/h9-10H,3-8H2,1-2H3,(H,25,27)(H,26,28). The van der Waals surface area contributed by atoms with E-state index >= 15 is 0 Å². The highest BCUT2D eigenvalue weighted by Crippen LogP contribution is 2.41. The molecule has 0 unspecified atom stereocenters. The molecule has 0 atom stereocenters. The lowest BCUT2D eigenvalue weighted by atomic mass is 10.1. The van der Waals surface area contributed by atoms with Crippen LogP contribution in [0.5, 0.6) is 0 Å². The zero-order valence-corrected chi connectivity index (χ0v) is 21.5. The van der Waals surface area contributed by atoms with Crippen molar-refractivity contribution in [2.45, 2.75) is 38.5 Å². The van der Waals surface area contributed by atoms with Crippen LogP contribution in [0, 0.1) is 0 Å². The van der Waals surface area contributed by atoms with Crippen LogP contribution >= 0.6 is 34.0 Å². The zero-order chi connectivity index (χ0) is 24.7. The fourth-order valence-corrected chi connectivity index (χ4v) is 7.87. The van der Waals surface area contributed by atoms with Crippen molar-refractivity contribution >= 4 is 67.8 Å². The quantitative estimate of drug-likeness (QED) is 0.438. The molecule has 0 radical (unpaired) electrons. The smallest absolute Gasteiger partial charge is 0.341 e. The summed E-state index contributed by atoms with van der Waals surface area (Å²) in [5, 5.41) is 6.61. The van der Waals surface area contributed by atoms with Crippen LogP contribution in [0.3, 0.4) is 0 Å². The lowest BCUT2D eigenvalue weighted by Gasteiger charge is -2.06. The van der Waals surface area contributed by atoms with Crippen LogP contribution < -0.4 is 10.6 Å². The molecule has 3 aromatic heterocycles. The van der Waals surface area contributed by atoms with Gasteiger partial charge in [0.05, 0.1) is 35.1 Å². The fraction of sp³-hybridized carbons (Fsp3) is 0.333. The summed E-state index contributed by atoms with van der Waals surface area (Å²) in [4.78, 5) is 53.4. The van der Waals surface area contributed by atoms with Crippen LogP contribution in [-0.2, 0) is 35.2 Å². The van der Waals surface area contributed by atoms with E-state index in [4.69, 9.17) is 9.47 Å². The van der Waals surface area contributed by atoms with E-state index < -0.39 is 23.8 Å². The van der Waals surface area contributed by atoms with Gasteiger partial charge < -0.3 is 20.1 Å². The number of carbonyl (C=O) groups excluding carboxylic acids is 4. The highest BCUT2D eigenvalue weighted by Gasteiger charge is 2.30. The Hall–Kier alpha value is -3.02. The first-order valence-electron chi connectivity index (χ1n) is 11.1. The number of fused-ring (bicyclic) bond motifs is 2. The summed E-state index contributed by atoms with van der Waals surface area (Å²) in [5.41, 5.74) is 2.75. The summed E-state index contributed by atoms with van der Waals surface area (Å²) < 4.78 is 9.86. The van der Waals surface area contributed by atoms with Crippen molar-refractivity contribution in [3.05, 3.63) is 53.9 Å². The Kier molecular flexibility index (Phi) is 6.47. The number of hydrogen-bond acceptors (Lipinski definition) is 9. The molecule has 182 valence electrons. The first kappa shape index (κ1) is 23.7. The van der Waals surface area contributed by atoms with Crippen LogP contribution in [0.4, 0.5) is 10.0 Å². The summed E-state index contributed by atoms with van der Waals surface area (Å²) in [6.45, 7) is 0. The molecular weight excluding hydrogens is 508 g/mol. The topological polar surface area (TPSA) is 111 Å². The number of anilines is 2. The summed E-state index contributed by atoms with van der Waals surface area (Å²) in [5.74, 6) is -1.72. The monoisotopic (exact) mass is 530 g/mol. The number of nitrogens with one attached hydrogen (secondary N) is 2. The van der Waals surface area contributed by atoms with E-state index in [2.05, 4.69) is 10.6 Å². The van der Waals surface area contributed by atoms with Gasteiger partial charge in [-0.3, -0.25) is 9.59 Å². The molecule has 2 aliphatic carbocycles. The second kappa shape index (κ2) is 9.56. The van der Waals surface area contributed by atoms with E-state index in [9.17, 15) is 19.2 Å². The maximum atomic E-state index is 12.9. The summed E-state index contributed by atoms with van der Waals surface area (Å²) in [7, 11) is 2.65. The number of hydrogen-bond donors (Lipinski definition) is 2. The highest BCUT2D eigenvalue weighted by atomic mass is 32.1. The molecular formula is C24H22N2O6S3. The molecule has 0 saturated carbocycles. The van der Waals surface area contributed by atoms with E-state index in [1.54, 1.807) is 12.1 Å². The Morgan fingerprint density at radius 3 is 1.51 bits per heavy atom. The van der Waals surface area contributed by atoms with Crippen LogP contribution in [0.1, 0.15) is 73.8 Å². The molecule has 2 N–H and O–H groups in total. The van der Waals surface area contributed by atoms with Crippen molar-refractivity contribution in [2.75, 3.05) is 24.9 Å². The number of ether oxygens (including phenoxy) is 2. The van der Waals surface area contributed by atoms with Gasteiger partial charge in [-0.25, -0.2) is 9.59 Å². The number of carbonyl (C=O) groups is 4. The second-order valence-electron chi connectivity index (χ2n) is 8.18. The molecule has 0 bridgehead atoms. The third-order valence-electron chi connectivity index (χ3n) is 6.13. The van der Waals surface area contributed by atoms with Gasteiger partial charge in [0.2, 0.25) is 0 Å². The van der Waals surface area contributed by atoms with Crippen molar-refractivity contribution in [1.82, 2.24) is 0 Å². The van der Waals surface area contributed by atoms with Crippen LogP contribution in [-0.4, -0.2) is 38.0 Å². The van der Waals surface area contributed by atoms with Gasteiger partial charge in [-0.2, -0.15) is 0 Å². The van der Waals surface area contributed by atoms with Gasteiger partial charge in [-0.05, 0) is 61.8 Å². The van der Waals surface area contributed by atoms with Crippen molar-refractivity contribution in [3.8, 4) is 0 Å². The minimum absolute atomic E-state index is 0.335. The van der Waals surface area contributed by atoms with E-state index in [1.807, 2.05) is 0 Å². The van der Waals surface area contributed by atoms with E-state index in [-0.39, 0.29) is 0 Å². The van der Waals surface area contributed by atoms with E-state index in [0.717, 1.165) is 70.7 Å². The van der Waals surface area contributed by atoms with Gasteiger partial charge in [0.25, 0.3) is 11.8 Å². The number of thiophene rings is 3. The Labute approximate surface area is 213 Å². The number of amides is 2. The van der Waals surface area contributed by atoms with E-state index in [1.165, 1.54) is 36.9 Å². The molecule has 3 heterocycles. The molecule has 0 aromatic carbocycles. The van der Waals surface area contributed by atoms with Gasteiger partial charge in [0.1, 0.15) is 10.0 Å². The van der Waals surface area contributed by atoms with Crippen LogP contribution in [0.2, 0.25) is 0 Å². The molecule has 3 aromatic rings. The predicted molar refractivity (Wildman–Crippen MR) is 136 cm³/mol. The van der Waals surface area contributed by atoms with Crippen molar-refractivity contribution in [2.24, 2.45) is 0 Å². The molecule has 35 heavy (non-hydrogen) atoms. The normalized spacial score (nSPS) is 13.8. The van der Waals surface area contributed by atoms with E-state index in [0.29, 0.717) is 30.9 Å². The maximum absolute atomic E-state index is 12.9. The molecule has 8 nitrogen and oxygen atoms in total. The highest BCUT2D eigenvalue weighted by molar-refractivity contribution is 7.18. The Morgan fingerprint density at radius 1 is 0.686 bits per heavy atom. The molecule has 0 fully saturated rings. The van der Waals surface area contributed by atoms with Crippen molar-refractivity contribution in [1.29, 1.82) is 0 Å². The average molecular weight is 531 g/mol. The molecule has 0 saturated heterocycles. The minimum Gasteiger partial charge on any atom is -0.465 e. The number of aryl methyl sites for hydroxylation is 2. The maximum Gasteiger partial charge on any atom is 0.341 e. The van der Waals surface area contributed by atoms with Crippen LogP contribution in [0.25, 0.3) is 0 Å². The van der Waals surface area contributed by atoms with Gasteiger partial charge >= 0.3 is 11.9 Å². The van der Waals surface area contributed by atoms with Crippen molar-refractivity contribution < 1.29 is 28.7 Å². The largest absolute Gasteiger partial charge is 0.465 e. The third kappa shape index (κ3) is 4.28. The SMILES string of the molecule is COC(=O)c1c(NC(=O)c2ccc(C(=O)Nc3sc4c(c3C(=O)OC)CCC4)s2)sc2c1CCC2. The molecule has 5 rings (SSSR count). The first-order chi connectivity index (χ1) is 16.9. The first-order valence-corrected chi connectivity index (χ1v) is 13.5. The molecule has 11 heteroatoms. The fourth-order valence-electron chi connectivity index (χ4n) is 4.53. The Morgan fingerprint density at radius 2 is 1.11 bits per heavy atom. The van der Waals surface area contributed by atoms with Gasteiger partial charge in [-0.15, -0.1) is 34.0 Å². The molecule has 2 amide bonds. The van der Waals surface area contributed by atoms with Gasteiger partial charge in [-0.1, -0.05) is 0 Å². The Bertz CT molecular complexity index is 1260.